The number of nitrogens with one attached hydrogen (secondary N) is 1. The normalized spacial score (nSPS) is 21.1. The summed E-state index contributed by atoms with van der Waals surface area (Å²) in [7, 11) is 1.12. The maximum absolute atomic E-state index is 13.1. The van der Waals surface area contributed by atoms with Crippen LogP contribution in [0.15, 0.2) is 30.6 Å². The lowest BCUT2D eigenvalue weighted by Gasteiger charge is -2.32. The van der Waals surface area contributed by atoms with E-state index in [1.54, 1.807) is 6.20 Å². The van der Waals surface area contributed by atoms with Gasteiger partial charge in [-0.2, -0.15) is 18.2 Å². The fourth-order valence-corrected chi connectivity index (χ4v) is 4.87. The number of aromatic nitrogens is 3. The van der Waals surface area contributed by atoms with Gasteiger partial charge in [0.2, 0.25) is 11.8 Å². The summed E-state index contributed by atoms with van der Waals surface area (Å²) in [6.07, 6.45) is -0.669. The van der Waals surface area contributed by atoms with Crippen molar-refractivity contribution in [2.24, 2.45) is 0 Å². The number of benzene rings is 1. The highest BCUT2D eigenvalue weighted by molar-refractivity contribution is 7.15. The molecule has 11 heteroatoms. The summed E-state index contributed by atoms with van der Waals surface area (Å²) in [5.41, 5.74) is 0.229. The number of hydrogen-bond donors (Lipinski definition) is 3. The van der Waals surface area contributed by atoms with Crippen molar-refractivity contribution in [3.8, 4) is 16.3 Å². The maximum Gasteiger partial charge on any atom is 0.423 e. The minimum Gasteiger partial charge on any atom is -0.480 e. The summed E-state index contributed by atoms with van der Waals surface area (Å²) >= 11 is 1.38. The number of hydrogen-bond acceptors (Lipinski definition) is 8. The van der Waals surface area contributed by atoms with Gasteiger partial charge in [0.15, 0.2) is 0 Å². The van der Waals surface area contributed by atoms with Crippen molar-refractivity contribution in [1.29, 1.82) is 0 Å². The van der Waals surface area contributed by atoms with E-state index >= 15 is 0 Å². The predicted molar refractivity (Wildman–Crippen MR) is 118 cm³/mol. The van der Waals surface area contributed by atoms with E-state index in [9.17, 15) is 23.4 Å². The van der Waals surface area contributed by atoms with Crippen molar-refractivity contribution < 1.29 is 28.1 Å². The van der Waals surface area contributed by atoms with Crippen LogP contribution in [-0.2, 0) is 11.8 Å². The van der Waals surface area contributed by atoms with E-state index in [0.717, 1.165) is 23.1 Å². The molecule has 7 nitrogen and oxygen atoms in total. The minimum absolute atomic E-state index is 0.0310. The second-order valence-corrected chi connectivity index (χ2v) is 9.15. The lowest BCUT2D eigenvalue weighted by atomic mass is 9.84. The largest absolute Gasteiger partial charge is 0.480 e. The molecule has 3 N–H and O–H groups in total. The lowest BCUT2D eigenvalue weighted by molar-refractivity contribution is -0.139. The monoisotopic (exact) mass is 480 g/mol. The van der Waals surface area contributed by atoms with E-state index in [2.05, 4.69) is 20.3 Å². The second-order valence-electron chi connectivity index (χ2n) is 8.12. The Morgan fingerprint density at radius 3 is 2.55 bits per heavy atom. The Balaban J connectivity index is 1.59. The molecule has 4 rings (SSSR count). The number of ether oxygens (including phenoxy) is 1. The van der Waals surface area contributed by atoms with Crippen LogP contribution < -0.4 is 10.1 Å². The highest BCUT2D eigenvalue weighted by atomic mass is 32.1. The summed E-state index contributed by atoms with van der Waals surface area (Å²) in [6, 6.07) is 5.58. The Morgan fingerprint density at radius 1 is 1.15 bits per heavy atom. The Bertz CT molecular complexity index is 1140. The molecular weight excluding hydrogens is 457 g/mol. The summed E-state index contributed by atoms with van der Waals surface area (Å²) in [5, 5.41) is 24.2. The lowest BCUT2D eigenvalue weighted by Crippen LogP contribution is -2.33. The van der Waals surface area contributed by atoms with Crippen LogP contribution in [-0.4, -0.2) is 38.4 Å². The van der Waals surface area contributed by atoms with Crippen LogP contribution >= 0.6 is 11.3 Å². The average Bonchev–Trinajstić information content (AvgIpc) is 3.26. The first-order valence-corrected chi connectivity index (χ1v) is 11.1. The standard InChI is InChI=1S/C22H23F3N4O3S/c1-12-7-13(17-11-26-19(33-17)21(31)5-3-15(30)4-6-21)9-14(8-12)28-20-27-10-16(22(23,24)25)18(29-20)32-2/h7-11,15,30-31H,3-6H2,1-2H3,(H,27,28,29)/t15-,21+. The van der Waals surface area contributed by atoms with E-state index in [1.807, 2.05) is 25.1 Å². The van der Waals surface area contributed by atoms with Crippen LogP contribution in [0.2, 0.25) is 0 Å². The fraction of sp³-hybridized carbons (Fsp3) is 0.409. The molecule has 0 spiro atoms. The Morgan fingerprint density at radius 2 is 1.88 bits per heavy atom. The molecule has 0 atom stereocenters. The van der Waals surface area contributed by atoms with Crippen LogP contribution in [0.3, 0.4) is 0 Å². The molecule has 1 saturated carbocycles. The van der Waals surface area contributed by atoms with Crippen molar-refractivity contribution in [2.45, 2.75) is 50.5 Å². The zero-order valence-corrected chi connectivity index (χ0v) is 18.8. The highest BCUT2D eigenvalue weighted by Crippen LogP contribution is 2.41. The number of aliphatic hydroxyl groups excluding tert-OH is 1. The number of nitrogens with zero attached hydrogens (tertiary/aromatic N) is 3. The quantitative estimate of drug-likeness (QED) is 0.482. The van der Waals surface area contributed by atoms with E-state index in [4.69, 9.17) is 4.74 Å². The number of alkyl halides is 3. The van der Waals surface area contributed by atoms with Crippen LogP contribution in [0.5, 0.6) is 5.88 Å². The molecule has 0 aliphatic heterocycles. The predicted octanol–water partition coefficient (Wildman–Crippen LogP) is 4.80. The van der Waals surface area contributed by atoms with Gasteiger partial charge in [-0.15, -0.1) is 11.3 Å². The first-order chi connectivity index (χ1) is 15.6. The third-order valence-electron chi connectivity index (χ3n) is 5.56. The van der Waals surface area contributed by atoms with Gasteiger partial charge in [0.25, 0.3) is 0 Å². The molecule has 176 valence electrons. The van der Waals surface area contributed by atoms with Gasteiger partial charge in [0.1, 0.15) is 16.2 Å². The van der Waals surface area contributed by atoms with Gasteiger partial charge in [-0.3, -0.25) is 0 Å². The zero-order valence-electron chi connectivity index (χ0n) is 18.0. The first-order valence-electron chi connectivity index (χ1n) is 10.3. The second kappa shape index (κ2) is 8.88. The summed E-state index contributed by atoms with van der Waals surface area (Å²) in [5.74, 6) is -0.595. The number of aryl methyl sites for hydroxylation is 1. The van der Waals surface area contributed by atoms with Crippen molar-refractivity contribution in [2.75, 3.05) is 12.4 Å². The van der Waals surface area contributed by atoms with Gasteiger partial charge in [-0.25, -0.2) is 9.97 Å². The molecule has 3 aromatic rings. The number of rotatable bonds is 5. The molecule has 1 aromatic carbocycles. The fourth-order valence-electron chi connectivity index (χ4n) is 3.82. The number of halogens is 3. The molecule has 0 bridgehead atoms. The zero-order chi connectivity index (χ0) is 23.8. The molecule has 2 heterocycles. The number of methoxy groups -OCH3 is 1. The summed E-state index contributed by atoms with van der Waals surface area (Å²) < 4.78 is 44.0. The van der Waals surface area contributed by atoms with Crippen LogP contribution in [0.1, 0.15) is 41.8 Å². The Kier molecular flexibility index (Phi) is 6.30. The van der Waals surface area contributed by atoms with Crippen molar-refractivity contribution in [3.63, 3.8) is 0 Å². The summed E-state index contributed by atoms with van der Waals surface area (Å²) in [4.78, 5) is 12.9. The molecular formula is C22H23F3N4O3S. The van der Waals surface area contributed by atoms with Gasteiger partial charge >= 0.3 is 6.18 Å². The topological polar surface area (TPSA) is 100 Å². The smallest absolute Gasteiger partial charge is 0.423 e. The number of thiazole rings is 1. The Labute approximate surface area is 192 Å². The Hall–Kier alpha value is -2.76. The number of anilines is 2. The molecule has 0 amide bonds. The van der Waals surface area contributed by atoms with Gasteiger partial charge in [0.05, 0.1) is 18.1 Å². The van der Waals surface area contributed by atoms with E-state index in [1.165, 1.54) is 11.3 Å². The van der Waals surface area contributed by atoms with Crippen LogP contribution in [0.25, 0.3) is 10.4 Å². The highest BCUT2D eigenvalue weighted by Gasteiger charge is 2.37. The third kappa shape index (κ3) is 5.10. The molecule has 0 saturated heterocycles. The molecule has 1 fully saturated rings. The maximum atomic E-state index is 13.1. The van der Waals surface area contributed by atoms with Gasteiger partial charge in [0, 0.05) is 18.1 Å². The molecule has 1 aliphatic rings. The van der Waals surface area contributed by atoms with Crippen molar-refractivity contribution >= 4 is 23.0 Å². The summed E-state index contributed by atoms with van der Waals surface area (Å²) in [6.45, 7) is 1.89. The SMILES string of the molecule is COc1nc(Nc2cc(C)cc(-c3cnc([C@]4(O)CC[C@@H](O)CC4)s3)c2)ncc1C(F)(F)F. The van der Waals surface area contributed by atoms with Gasteiger partial charge in [-0.1, -0.05) is 6.07 Å². The van der Waals surface area contributed by atoms with Crippen LogP contribution in [0, 0.1) is 6.92 Å². The third-order valence-corrected chi connectivity index (χ3v) is 6.80. The molecule has 1 aliphatic carbocycles. The van der Waals surface area contributed by atoms with E-state index in [0.29, 0.717) is 42.6 Å². The minimum atomic E-state index is -4.62. The molecule has 0 unspecified atom stereocenters. The molecule has 33 heavy (non-hydrogen) atoms. The first kappa shape index (κ1) is 23.4. The van der Waals surface area contributed by atoms with E-state index in [-0.39, 0.29) is 12.1 Å². The van der Waals surface area contributed by atoms with Gasteiger partial charge < -0.3 is 20.3 Å². The van der Waals surface area contributed by atoms with Gasteiger partial charge in [-0.05, 0) is 55.9 Å². The van der Waals surface area contributed by atoms with Crippen LogP contribution in [0.4, 0.5) is 24.8 Å². The average molecular weight is 481 g/mol. The van der Waals surface area contributed by atoms with Crippen molar-refractivity contribution in [1.82, 2.24) is 15.0 Å². The molecule has 2 aromatic heterocycles. The number of aliphatic hydroxyl groups is 2. The molecule has 0 radical (unpaired) electrons. The van der Waals surface area contributed by atoms with Crippen molar-refractivity contribution in [3.05, 3.63) is 46.7 Å². The van der Waals surface area contributed by atoms with E-state index < -0.39 is 23.2 Å².